The van der Waals surface area contributed by atoms with Crippen molar-refractivity contribution in [3.05, 3.63) is 29.8 Å². The van der Waals surface area contributed by atoms with Crippen LogP contribution in [0.4, 0.5) is 0 Å². The monoisotopic (exact) mass is 412 g/mol. The molecule has 2 rings (SSSR count). The number of sulfonamides is 1. The van der Waals surface area contributed by atoms with E-state index < -0.39 is 16.0 Å². The number of benzene rings is 1. The Labute approximate surface area is 166 Å². The maximum atomic E-state index is 12.8. The predicted octanol–water partition coefficient (Wildman–Crippen LogP) is 1.51. The molecule has 2 unspecified atom stereocenters. The van der Waals surface area contributed by atoms with Crippen molar-refractivity contribution in [3.8, 4) is 0 Å². The molecule has 0 aromatic heterocycles. The van der Waals surface area contributed by atoms with Crippen molar-refractivity contribution in [1.82, 2.24) is 9.21 Å². The van der Waals surface area contributed by atoms with E-state index in [1.165, 1.54) is 28.6 Å². The van der Waals surface area contributed by atoms with E-state index in [4.69, 9.17) is 9.47 Å². The van der Waals surface area contributed by atoms with E-state index >= 15 is 0 Å². The van der Waals surface area contributed by atoms with Crippen LogP contribution >= 0.6 is 0 Å². The zero-order chi connectivity index (χ0) is 20.9. The van der Waals surface area contributed by atoms with Gasteiger partial charge in [-0.05, 0) is 52.0 Å². The van der Waals surface area contributed by atoms with Gasteiger partial charge in [0.25, 0.3) is 5.91 Å². The predicted molar refractivity (Wildman–Crippen MR) is 103 cm³/mol. The highest BCUT2D eigenvalue weighted by Crippen LogP contribution is 2.21. The number of carbonyl (C=O) groups is 2. The Balaban J connectivity index is 2.04. The summed E-state index contributed by atoms with van der Waals surface area (Å²) in [5.41, 5.74) is 0.190. The first kappa shape index (κ1) is 22.3. The summed E-state index contributed by atoms with van der Waals surface area (Å²) in [6.45, 7) is 8.65. The van der Waals surface area contributed by atoms with E-state index in [1.54, 1.807) is 4.90 Å². The van der Waals surface area contributed by atoms with Crippen LogP contribution in [-0.4, -0.2) is 74.5 Å². The van der Waals surface area contributed by atoms with E-state index in [0.717, 1.165) is 0 Å². The molecule has 1 saturated heterocycles. The molecule has 1 fully saturated rings. The summed E-state index contributed by atoms with van der Waals surface area (Å²) in [7, 11) is -3.67. The van der Waals surface area contributed by atoms with Gasteiger partial charge in [0.2, 0.25) is 10.0 Å². The molecule has 0 spiro atoms. The van der Waals surface area contributed by atoms with Gasteiger partial charge in [-0.25, -0.2) is 13.2 Å². The number of hydrogen-bond acceptors (Lipinski definition) is 6. The van der Waals surface area contributed by atoms with Crippen LogP contribution in [0.5, 0.6) is 0 Å². The molecule has 0 aliphatic carbocycles. The molecule has 1 aliphatic heterocycles. The molecular weight excluding hydrogens is 384 g/mol. The van der Waals surface area contributed by atoms with Crippen molar-refractivity contribution in [1.29, 1.82) is 0 Å². The number of morpholine rings is 1. The normalized spacial score (nSPS) is 20.6. The van der Waals surface area contributed by atoms with Crippen molar-refractivity contribution in [3.63, 3.8) is 0 Å². The SMILES string of the molecule is CCN(CC)C(=O)COC(=O)c1ccc(S(=O)(=O)N2CC(C)OC(C)C2)cc1. The van der Waals surface area contributed by atoms with Crippen molar-refractivity contribution in [2.24, 2.45) is 0 Å². The van der Waals surface area contributed by atoms with E-state index in [0.29, 0.717) is 13.1 Å². The molecule has 156 valence electrons. The smallest absolute Gasteiger partial charge is 0.338 e. The number of nitrogens with zero attached hydrogens (tertiary/aromatic N) is 2. The van der Waals surface area contributed by atoms with Crippen LogP contribution < -0.4 is 0 Å². The molecule has 8 nitrogen and oxygen atoms in total. The number of rotatable bonds is 7. The zero-order valence-corrected chi connectivity index (χ0v) is 17.6. The molecule has 0 bridgehead atoms. The van der Waals surface area contributed by atoms with Gasteiger partial charge >= 0.3 is 5.97 Å². The van der Waals surface area contributed by atoms with Crippen LogP contribution in [0.2, 0.25) is 0 Å². The quantitative estimate of drug-likeness (QED) is 0.630. The highest BCUT2D eigenvalue weighted by Gasteiger charge is 2.32. The van der Waals surface area contributed by atoms with Crippen LogP contribution in [0.25, 0.3) is 0 Å². The molecule has 0 radical (unpaired) electrons. The lowest BCUT2D eigenvalue weighted by Gasteiger charge is -2.34. The van der Waals surface area contributed by atoms with Crippen molar-refractivity contribution in [2.75, 3.05) is 32.8 Å². The largest absolute Gasteiger partial charge is 0.452 e. The molecular formula is C19H28N2O6S. The number of ether oxygens (including phenoxy) is 2. The number of hydrogen-bond donors (Lipinski definition) is 0. The second-order valence-corrected chi connectivity index (χ2v) is 8.68. The third kappa shape index (κ3) is 5.30. The number of esters is 1. The zero-order valence-electron chi connectivity index (χ0n) is 16.8. The maximum absolute atomic E-state index is 12.8. The first-order valence-corrected chi connectivity index (χ1v) is 10.8. The van der Waals surface area contributed by atoms with Gasteiger partial charge in [0.05, 0.1) is 22.7 Å². The van der Waals surface area contributed by atoms with Gasteiger partial charge in [-0.1, -0.05) is 0 Å². The minimum Gasteiger partial charge on any atom is -0.452 e. The fourth-order valence-corrected chi connectivity index (χ4v) is 4.71. The van der Waals surface area contributed by atoms with Crippen molar-refractivity contribution < 1.29 is 27.5 Å². The lowest BCUT2D eigenvalue weighted by molar-refractivity contribution is -0.134. The van der Waals surface area contributed by atoms with Gasteiger partial charge in [0, 0.05) is 26.2 Å². The van der Waals surface area contributed by atoms with Crippen LogP contribution in [-0.2, 0) is 24.3 Å². The Morgan fingerprint density at radius 2 is 1.64 bits per heavy atom. The van der Waals surface area contributed by atoms with Crippen LogP contribution in [0, 0.1) is 0 Å². The first-order chi connectivity index (χ1) is 13.2. The fraction of sp³-hybridized carbons (Fsp3) is 0.579. The first-order valence-electron chi connectivity index (χ1n) is 9.39. The fourth-order valence-electron chi connectivity index (χ4n) is 3.12. The molecule has 28 heavy (non-hydrogen) atoms. The van der Waals surface area contributed by atoms with Crippen LogP contribution in [0.15, 0.2) is 29.2 Å². The Kier molecular flexibility index (Phi) is 7.56. The summed E-state index contributed by atoms with van der Waals surface area (Å²) in [6, 6.07) is 5.54. The summed E-state index contributed by atoms with van der Waals surface area (Å²) >= 11 is 0. The highest BCUT2D eigenvalue weighted by molar-refractivity contribution is 7.89. The third-order valence-corrected chi connectivity index (χ3v) is 6.40. The Morgan fingerprint density at radius 3 is 2.14 bits per heavy atom. The number of carbonyl (C=O) groups excluding carboxylic acids is 2. The van der Waals surface area contributed by atoms with Gasteiger partial charge in [-0.2, -0.15) is 4.31 Å². The highest BCUT2D eigenvalue weighted by atomic mass is 32.2. The molecule has 1 aliphatic rings. The molecule has 0 N–H and O–H groups in total. The Bertz CT molecular complexity index is 779. The summed E-state index contributed by atoms with van der Waals surface area (Å²) < 4.78 is 37.6. The molecule has 1 aromatic rings. The van der Waals surface area contributed by atoms with Gasteiger partial charge < -0.3 is 14.4 Å². The summed E-state index contributed by atoms with van der Waals surface area (Å²) in [4.78, 5) is 25.7. The second kappa shape index (κ2) is 9.49. The van der Waals surface area contributed by atoms with Gasteiger partial charge in [0.1, 0.15) is 0 Å². The maximum Gasteiger partial charge on any atom is 0.338 e. The molecule has 2 atom stereocenters. The minimum absolute atomic E-state index is 0.101. The lowest BCUT2D eigenvalue weighted by atomic mass is 10.2. The number of amides is 1. The van der Waals surface area contributed by atoms with Crippen LogP contribution in [0.1, 0.15) is 38.1 Å². The molecule has 1 amide bonds. The van der Waals surface area contributed by atoms with Gasteiger partial charge in [0.15, 0.2) is 6.61 Å². The van der Waals surface area contributed by atoms with Crippen molar-refractivity contribution in [2.45, 2.75) is 44.8 Å². The van der Waals surface area contributed by atoms with E-state index in [1.807, 2.05) is 27.7 Å². The third-order valence-electron chi connectivity index (χ3n) is 4.56. The average Bonchev–Trinajstić information content (AvgIpc) is 2.66. The molecule has 0 saturated carbocycles. The summed E-state index contributed by atoms with van der Waals surface area (Å²) in [5, 5.41) is 0. The summed E-state index contributed by atoms with van der Waals surface area (Å²) in [6.07, 6.45) is -0.368. The molecule has 9 heteroatoms. The lowest BCUT2D eigenvalue weighted by Crippen LogP contribution is -2.48. The Morgan fingerprint density at radius 1 is 1.11 bits per heavy atom. The van der Waals surface area contributed by atoms with Crippen LogP contribution in [0.3, 0.4) is 0 Å². The molecule has 1 heterocycles. The second-order valence-electron chi connectivity index (χ2n) is 6.75. The van der Waals surface area contributed by atoms with E-state index in [9.17, 15) is 18.0 Å². The van der Waals surface area contributed by atoms with E-state index in [2.05, 4.69) is 0 Å². The standard InChI is InChI=1S/C19H28N2O6S/c1-5-20(6-2)18(22)13-26-19(23)16-7-9-17(10-8-16)28(24,25)21-11-14(3)27-15(4)12-21/h7-10,14-15H,5-6,11-13H2,1-4H3. The minimum atomic E-state index is -3.67. The van der Waals surface area contributed by atoms with E-state index in [-0.39, 0.29) is 48.3 Å². The Hall–Kier alpha value is -1.97. The molecule has 1 aromatic carbocycles. The van der Waals surface area contributed by atoms with Gasteiger partial charge in [-0.3, -0.25) is 4.79 Å². The topological polar surface area (TPSA) is 93.2 Å². The summed E-state index contributed by atoms with van der Waals surface area (Å²) in [5.74, 6) is -0.939. The average molecular weight is 413 g/mol. The van der Waals surface area contributed by atoms with Gasteiger partial charge in [-0.15, -0.1) is 0 Å². The number of likely N-dealkylation sites (N-methyl/N-ethyl adjacent to an activating group) is 1. The van der Waals surface area contributed by atoms with Crippen molar-refractivity contribution >= 4 is 21.9 Å².